The molecule has 2 aromatic heterocycles. The van der Waals surface area contributed by atoms with Crippen LogP contribution in [0.15, 0.2) is 61.2 Å². The second kappa shape index (κ2) is 10.4. The van der Waals surface area contributed by atoms with E-state index in [1.807, 2.05) is 18.2 Å². The summed E-state index contributed by atoms with van der Waals surface area (Å²) in [6.07, 6.45) is 3.35. The molecule has 0 spiro atoms. The zero-order valence-corrected chi connectivity index (χ0v) is 21.4. The van der Waals surface area contributed by atoms with E-state index in [4.69, 9.17) is 4.74 Å². The number of benzene rings is 3. The number of carbonyl (C=O) groups is 1. The van der Waals surface area contributed by atoms with E-state index in [9.17, 15) is 13.6 Å². The Bertz CT molecular complexity index is 1720. The van der Waals surface area contributed by atoms with Crippen molar-refractivity contribution >= 4 is 45.5 Å². The number of imidazole rings is 1. The maximum absolute atomic E-state index is 15.5. The number of nitrogens with one attached hydrogen (secondary N) is 1. The molecule has 6 rings (SSSR count). The van der Waals surface area contributed by atoms with Crippen molar-refractivity contribution in [1.29, 1.82) is 0 Å². The summed E-state index contributed by atoms with van der Waals surface area (Å²) in [5.41, 5.74) is 2.75. The summed E-state index contributed by atoms with van der Waals surface area (Å²) in [4.78, 5) is 27.7. The lowest BCUT2D eigenvalue weighted by molar-refractivity contribution is -0.118. The Hall–Kier alpha value is -4.87. The van der Waals surface area contributed by atoms with Crippen molar-refractivity contribution in [3.05, 3.63) is 72.6 Å². The van der Waals surface area contributed by atoms with Crippen LogP contribution in [0.3, 0.4) is 0 Å². The molecule has 9 nitrogen and oxygen atoms in total. The van der Waals surface area contributed by atoms with E-state index in [2.05, 4.69) is 25.2 Å². The molecule has 40 heavy (non-hydrogen) atoms. The molecular formula is C28H24F3N7O2. The zero-order chi connectivity index (χ0) is 27.8. The highest BCUT2D eigenvalue weighted by Crippen LogP contribution is 2.34. The minimum atomic E-state index is -2.70. The summed E-state index contributed by atoms with van der Waals surface area (Å²) in [7, 11) is 0. The molecule has 0 atom stereocenters. The van der Waals surface area contributed by atoms with Crippen LogP contribution in [0.4, 0.5) is 30.4 Å². The number of rotatable bonds is 7. The van der Waals surface area contributed by atoms with E-state index in [1.54, 1.807) is 24.0 Å². The first-order valence-corrected chi connectivity index (χ1v) is 12.6. The van der Waals surface area contributed by atoms with Gasteiger partial charge in [0, 0.05) is 48.9 Å². The molecule has 1 fully saturated rings. The van der Waals surface area contributed by atoms with Gasteiger partial charge < -0.3 is 19.9 Å². The average molecular weight is 548 g/mol. The summed E-state index contributed by atoms with van der Waals surface area (Å²) >= 11 is 0. The van der Waals surface area contributed by atoms with Crippen LogP contribution in [0.25, 0.3) is 21.9 Å². The fraction of sp³-hybridized carbons (Fsp3) is 0.214. The molecule has 0 unspecified atom stereocenters. The number of anilines is 3. The van der Waals surface area contributed by atoms with Gasteiger partial charge in [0.05, 0.1) is 22.2 Å². The van der Waals surface area contributed by atoms with Gasteiger partial charge in [0.2, 0.25) is 6.41 Å². The highest BCUT2D eigenvalue weighted by Gasteiger charge is 2.18. The molecule has 1 N–H and O–H groups in total. The van der Waals surface area contributed by atoms with Crippen molar-refractivity contribution < 1.29 is 22.7 Å². The van der Waals surface area contributed by atoms with Crippen LogP contribution in [0.1, 0.15) is 12.1 Å². The fourth-order valence-corrected chi connectivity index (χ4v) is 4.79. The summed E-state index contributed by atoms with van der Waals surface area (Å²) in [5.74, 6) is 0.553. The van der Waals surface area contributed by atoms with Gasteiger partial charge in [-0.1, -0.05) is 0 Å². The van der Waals surface area contributed by atoms with Crippen LogP contribution in [0, 0.1) is 12.7 Å². The quantitative estimate of drug-likeness (QED) is 0.264. The Balaban J connectivity index is 1.25. The van der Waals surface area contributed by atoms with Crippen LogP contribution in [-0.2, 0) is 4.79 Å². The van der Waals surface area contributed by atoms with Gasteiger partial charge in [0.1, 0.15) is 30.0 Å². The Morgan fingerprint density at radius 1 is 0.975 bits per heavy atom. The standard InChI is InChI=1S/C28H24F3N7O2/c1-17-25(40-19-3-6-24-23(13-19)34-15-38(24)28(30)31)7-5-22(26(17)29)35-27-20-12-18(2-4-21(20)32-14-33-27)37-10-8-36(16-39)9-11-37/h2-7,12-16,28H,8-11H2,1H3,(H,32,33,35). The van der Waals surface area contributed by atoms with Crippen LogP contribution in [0.2, 0.25) is 0 Å². The first-order valence-electron chi connectivity index (χ1n) is 12.6. The van der Waals surface area contributed by atoms with E-state index in [0.717, 1.165) is 28.4 Å². The summed E-state index contributed by atoms with van der Waals surface area (Å²) in [6.45, 7) is 1.59. The van der Waals surface area contributed by atoms with Crippen LogP contribution < -0.4 is 15.0 Å². The molecule has 0 radical (unpaired) electrons. The zero-order valence-electron chi connectivity index (χ0n) is 21.4. The number of carbonyl (C=O) groups excluding carboxylic acids is 1. The Kier molecular flexibility index (Phi) is 6.58. The van der Waals surface area contributed by atoms with Gasteiger partial charge in [-0.25, -0.2) is 19.3 Å². The average Bonchev–Trinajstić information content (AvgIpc) is 3.41. The van der Waals surface area contributed by atoms with Gasteiger partial charge in [0.25, 0.3) is 0 Å². The molecule has 0 aliphatic carbocycles. The number of amides is 1. The van der Waals surface area contributed by atoms with Gasteiger partial charge in [-0.15, -0.1) is 0 Å². The van der Waals surface area contributed by atoms with Gasteiger partial charge in [-0.3, -0.25) is 9.36 Å². The van der Waals surface area contributed by atoms with Gasteiger partial charge in [-0.2, -0.15) is 8.78 Å². The lowest BCUT2D eigenvalue weighted by atomic mass is 10.1. The maximum Gasteiger partial charge on any atom is 0.320 e. The lowest BCUT2D eigenvalue weighted by Crippen LogP contribution is -2.45. The molecule has 204 valence electrons. The molecular weight excluding hydrogens is 523 g/mol. The van der Waals surface area contributed by atoms with Crippen molar-refractivity contribution in [3.63, 3.8) is 0 Å². The largest absolute Gasteiger partial charge is 0.457 e. The highest BCUT2D eigenvalue weighted by molar-refractivity contribution is 5.93. The maximum atomic E-state index is 15.5. The Morgan fingerprint density at radius 2 is 1.80 bits per heavy atom. The van der Waals surface area contributed by atoms with Crippen molar-refractivity contribution in [1.82, 2.24) is 24.4 Å². The minimum absolute atomic E-state index is 0.209. The second-order valence-corrected chi connectivity index (χ2v) is 9.41. The third-order valence-electron chi connectivity index (χ3n) is 7.02. The Labute approximate surface area is 226 Å². The van der Waals surface area contributed by atoms with Gasteiger partial charge in [-0.05, 0) is 49.4 Å². The predicted octanol–water partition coefficient (Wildman–Crippen LogP) is 5.64. The number of ether oxygens (including phenoxy) is 1. The first-order chi connectivity index (χ1) is 19.4. The molecule has 1 saturated heterocycles. The number of aromatic nitrogens is 4. The number of fused-ring (bicyclic) bond motifs is 2. The number of nitrogens with zero attached hydrogens (tertiary/aromatic N) is 6. The molecule has 3 heterocycles. The van der Waals surface area contributed by atoms with Crippen LogP contribution in [-0.4, -0.2) is 57.0 Å². The minimum Gasteiger partial charge on any atom is -0.457 e. The molecule has 12 heteroatoms. The smallest absolute Gasteiger partial charge is 0.320 e. The van der Waals surface area contributed by atoms with Crippen molar-refractivity contribution in [2.75, 3.05) is 36.4 Å². The second-order valence-electron chi connectivity index (χ2n) is 9.41. The van der Waals surface area contributed by atoms with E-state index in [0.29, 0.717) is 48.8 Å². The fourth-order valence-electron chi connectivity index (χ4n) is 4.79. The monoisotopic (exact) mass is 547 g/mol. The molecule has 0 bridgehead atoms. The molecule has 1 aliphatic heterocycles. The van der Waals surface area contributed by atoms with Crippen molar-refractivity contribution in [2.45, 2.75) is 13.5 Å². The summed E-state index contributed by atoms with van der Waals surface area (Å²) in [5, 5.41) is 3.82. The van der Waals surface area contributed by atoms with Crippen molar-refractivity contribution in [2.24, 2.45) is 0 Å². The van der Waals surface area contributed by atoms with E-state index in [1.165, 1.54) is 24.5 Å². The number of piperazine rings is 1. The topological polar surface area (TPSA) is 88.4 Å². The van der Waals surface area contributed by atoms with E-state index < -0.39 is 12.4 Å². The number of halogens is 3. The molecule has 5 aromatic rings. The van der Waals surface area contributed by atoms with Crippen LogP contribution >= 0.6 is 0 Å². The summed E-state index contributed by atoms with van der Waals surface area (Å²) in [6, 6.07) is 13.6. The van der Waals surface area contributed by atoms with Crippen LogP contribution in [0.5, 0.6) is 11.5 Å². The third kappa shape index (κ3) is 4.72. The normalized spacial score (nSPS) is 13.8. The molecule has 1 aliphatic rings. The number of hydrogen-bond donors (Lipinski definition) is 1. The number of hydrogen-bond acceptors (Lipinski definition) is 7. The highest BCUT2D eigenvalue weighted by atomic mass is 19.3. The SMILES string of the molecule is Cc1c(Oc2ccc3c(c2)ncn3C(F)F)ccc(Nc2ncnc3ccc(N4CCN(C=O)CC4)cc23)c1F. The molecule has 3 aromatic carbocycles. The number of alkyl halides is 2. The van der Waals surface area contributed by atoms with Gasteiger partial charge in [0.15, 0.2) is 5.82 Å². The Morgan fingerprint density at radius 3 is 2.58 bits per heavy atom. The van der Waals surface area contributed by atoms with Gasteiger partial charge >= 0.3 is 6.55 Å². The first kappa shape index (κ1) is 25.4. The molecule has 0 saturated carbocycles. The van der Waals surface area contributed by atoms with E-state index in [-0.39, 0.29) is 22.5 Å². The third-order valence-corrected chi connectivity index (χ3v) is 7.02. The lowest BCUT2D eigenvalue weighted by Gasteiger charge is -2.34. The summed E-state index contributed by atoms with van der Waals surface area (Å²) < 4.78 is 48.4. The molecule has 1 amide bonds. The predicted molar refractivity (Wildman–Crippen MR) is 145 cm³/mol. The van der Waals surface area contributed by atoms with E-state index >= 15 is 4.39 Å². The van der Waals surface area contributed by atoms with Crippen molar-refractivity contribution in [3.8, 4) is 11.5 Å².